The van der Waals surface area contributed by atoms with Gasteiger partial charge in [0.1, 0.15) is 0 Å². The van der Waals surface area contributed by atoms with Crippen molar-refractivity contribution in [2.24, 2.45) is 0 Å². The van der Waals surface area contributed by atoms with Crippen LogP contribution in [0.3, 0.4) is 0 Å². The van der Waals surface area contributed by atoms with Crippen LogP contribution in [-0.4, -0.2) is 24.2 Å². The molecule has 0 spiro atoms. The third-order valence-corrected chi connectivity index (χ3v) is 3.41. The SMILES string of the molecule is CCCN(Cc1cccc(N)c1Br)CC(F)(F)F. The Bertz CT molecular complexity index is 393. The molecule has 0 bridgehead atoms. The minimum atomic E-state index is -4.18. The highest BCUT2D eigenvalue weighted by molar-refractivity contribution is 9.10. The maximum Gasteiger partial charge on any atom is 0.401 e. The van der Waals surface area contributed by atoms with Gasteiger partial charge in [-0.1, -0.05) is 19.1 Å². The fourth-order valence-corrected chi connectivity index (χ4v) is 2.14. The number of nitrogens with zero attached hydrogens (tertiary/aromatic N) is 1. The molecule has 0 aromatic heterocycles. The van der Waals surface area contributed by atoms with E-state index in [2.05, 4.69) is 15.9 Å². The second kappa shape index (κ2) is 6.43. The Morgan fingerprint density at radius 3 is 2.56 bits per heavy atom. The van der Waals surface area contributed by atoms with Crippen molar-refractivity contribution in [3.8, 4) is 0 Å². The molecule has 0 radical (unpaired) electrons. The average Bonchev–Trinajstić information content (AvgIpc) is 2.23. The zero-order valence-electron chi connectivity index (χ0n) is 10.1. The van der Waals surface area contributed by atoms with Crippen LogP contribution in [0.25, 0.3) is 0 Å². The maximum atomic E-state index is 12.4. The molecule has 0 unspecified atom stereocenters. The van der Waals surface area contributed by atoms with Crippen LogP contribution in [0.15, 0.2) is 22.7 Å². The van der Waals surface area contributed by atoms with Crippen molar-refractivity contribution in [2.45, 2.75) is 26.1 Å². The monoisotopic (exact) mass is 324 g/mol. The smallest absolute Gasteiger partial charge is 0.398 e. The number of anilines is 1. The van der Waals surface area contributed by atoms with E-state index in [9.17, 15) is 13.2 Å². The van der Waals surface area contributed by atoms with Gasteiger partial charge in [0.05, 0.1) is 6.54 Å². The summed E-state index contributed by atoms with van der Waals surface area (Å²) in [6.07, 6.45) is -3.50. The van der Waals surface area contributed by atoms with Gasteiger partial charge in [0.25, 0.3) is 0 Å². The maximum absolute atomic E-state index is 12.4. The molecule has 0 saturated carbocycles. The van der Waals surface area contributed by atoms with E-state index in [1.54, 1.807) is 18.2 Å². The molecular formula is C12H16BrF3N2. The van der Waals surface area contributed by atoms with E-state index in [0.717, 1.165) is 5.56 Å². The number of hydrogen-bond acceptors (Lipinski definition) is 2. The number of halogens is 4. The number of benzene rings is 1. The topological polar surface area (TPSA) is 29.3 Å². The van der Waals surface area contributed by atoms with Crippen LogP contribution < -0.4 is 5.73 Å². The van der Waals surface area contributed by atoms with Crippen molar-refractivity contribution >= 4 is 21.6 Å². The van der Waals surface area contributed by atoms with Crippen LogP contribution in [0.1, 0.15) is 18.9 Å². The molecule has 0 heterocycles. The summed E-state index contributed by atoms with van der Waals surface area (Å²) in [4.78, 5) is 1.37. The first-order valence-corrected chi connectivity index (χ1v) is 6.44. The van der Waals surface area contributed by atoms with E-state index >= 15 is 0 Å². The molecule has 0 saturated heterocycles. The number of hydrogen-bond donors (Lipinski definition) is 1. The van der Waals surface area contributed by atoms with Crippen LogP contribution in [-0.2, 0) is 6.54 Å². The van der Waals surface area contributed by atoms with E-state index in [1.165, 1.54) is 4.90 Å². The molecule has 0 aliphatic rings. The zero-order valence-corrected chi connectivity index (χ0v) is 11.7. The second-order valence-electron chi connectivity index (χ2n) is 4.15. The summed E-state index contributed by atoms with van der Waals surface area (Å²) in [5, 5.41) is 0. The van der Waals surface area contributed by atoms with Crippen molar-refractivity contribution < 1.29 is 13.2 Å². The number of nitrogens with two attached hydrogens (primary N) is 1. The van der Waals surface area contributed by atoms with Gasteiger partial charge in [-0.05, 0) is 40.5 Å². The van der Waals surface area contributed by atoms with Crippen LogP contribution in [0.5, 0.6) is 0 Å². The summed E-state index contributed by atoms with van der Waals surface area (Å²) in [5.74, 6) is 0. The quantitative estimate of drug-likeness (QED) is 0.834. The standard InChI is InChI=1S/C12H16BrF3N2/c1-2-6-18(8-12(14,15)16)7-9-4-3-5-10(17)11(9)13/h3-5H,2,6-8,17H2,1H3. The largest absolute Gasteiger partial charge is 0.401 e. The molecule has 2 nitrogen and oxygen atoms in total. The molecule has 1 aromatic carbocycles. The van der Waals surface area contributed by atoms with Gasteiger partial charge in [-0.25, -0.2) is 0 Å². The lowest BCUT2D eigenvalue weighted by molar-refractivity contribution is -0.147. The van der Waals surface area contributed by atoms with Gasteiger partial charge in [-0.2, -0.15) is 13.2 Å². The van der Waals surface area contributed by atoms with E-state index in [-0.39, 0.29) is 6.54 Å². The van der Waals surface area contributed by atoms with Gasteiger partial charge in [-0.15, -0.1) is 0 Å². The van der Waals surface area contributed by atoms with Gasteiger partial charge in [0, 0.05) is 16.7 Å². The molecule has 1 aromatic rings. The molecule has 6 heteroatoms. The third kappa shape index (κ3) is 4.86. The van der Waals surface area contributed by atoms with Crippen molar-refractivity contribution in [3.05, 3.63) is 28.2 Å². The zero-order chi connectivity index (χ0) is 13.8. The first-order chi connectivity index (χ1) is 8.33. The van der Waals surface area contributed by atoms with Crippen molar-refractivity contribution in [2.75, 3.05) is 18.8 Å². The van der Waals surface area contributed by atoms with Gasteiger partial charge >= 0.3 is 6.18 Å². The molecule has 2 N–H and O–H groups in total. The Morgan fingerprint density at radius 2 is 2.00 bits per heavy atom. The molecule has 102 valence electrons. The summed E-state index contributed by atoms with van der Waals surface area (Å²) in [6, 6.07) is 5.23. The first-order valence-electron chi connectivity index (χ1n) is 5.65. The number of alkyl halides is 3. The Hall–Kier alpha value is -0.750. The first kappa shape index (κ1) is 15.3. The fourth-order valence-electron chi connectivity index (χ4n) is 1.75. The van der Waals surface area contributed by atoms with Crippen LogP contribution in [0.2, 0.25) is 0 Å². The van der Waals surface area contributed by atoms with Gasteiger partial charge in [0.2, 0.25) is 0 Å². The molecule has 0 aliphatic carbocycles. The Kier molecular flexibility index (Phi) is 5.47. The lowest BCUT2D eigenvalue weighted by atomic mass is 10.2. The Balaban J connectivity index is 2.80. The van der Waals surface area contributed by atoms with Crippen LogP contribution in [0.4, 0.5) is 18.9 Å². The predicted octanol–water partition coefficient (Wildman–Crippen LogP) is 3.81. The minimum Gasteiger partial charge on any atom is -0.398 e. The van der Waals surface area contributed by atoms with Crippen LogP contribution >= 0.6 is 15.9 Å². The highest BCUT2D eigenvalue weighted by Gasteiger charge is 2.30. The molecule has 0 fully saturated rings. The predicted molar refractivity (Wildman–Crippen MR) is 70.2 cm³/mol. The Morgan fingerprint density at radius 1 is 1.33 bits per heavy atom. The summed E-state index contributed by atoms with van der Waals surface area (Å²) in [5.41, 5.74) is 7.02. The van der Waals surface area contributed by atoms with Gasteiger partial charge in [-0.3, -0.25) is 4.90 Å². The molecule has 0 aliphatic heterocycles. The molecular weight excluding hydrogens is 309 g/mol. The lowest BCUT2D eigenvalue weighted by Crippen LogP contribution is -2.34. The molecule has 1 rings (SSSR count). The number of nitrogen functional groups attached to an aromatic ring is 1. The molecule has 18 heavy (non-hydrogen) atoms. The lowest BCUT2D eigenvalue weighted by Gasteiger charge is -2.23. The summed E-state index contributed by atoms with van der Waals surface area (Å²) < 4.78 is 38.0. The van der Waals surface area contributed by atoms with Gasteiger partial charge < -0.3 is 5.73 Å². The average molecular weight is 325 g/mol. The van der Waals surface area contributed by atoms with E-state index in [0.29, 0.717) is 23.1 Å². The van der Waals surface area contributed by atoms with E-state index in [1.807, 2.05) is 6.92 Å². The summed E-state index contributed by atoms with van der Waals surface area (Å²) in [6.45, 7) is 1.60. The van der Waals surface area contributed by atoms with Crippen LogP contribution in [0, 0.1) is 0 Å². The second-order valence-corrected chi connectivity index (χ2v) is 4.94. The van der Waals surface area contributed by atoms with Crippen molar-refractivity contribution in [3.63, 3.8) is 0 Å². The summed E-state index contributed by atoms with van der Waals surface area (Å²) in [7, 11) is 0. The fraction of sp³-hybridized carbons (Fsp3) is 0.500. The normalized spacial score (nSPS) is 12.1. The highest BCUT2D eigenvalue weighted by Crippen LogP contribution is 2.26. The Labute approximate surface area is 113 Å². The van der Waals surface area contributed by atoms with Gasteiger partial charge in [0.15, 0.2) is 0 Å². The van der Waals surface area contributed by atoms with E-state index in [4.69, 9.17) is 5.73 Å². The minimum absolute atomic E-state index is 0.235. The summed E-state index contributed by atoms with van der Waals surface area (Å²) >= 11 is 3.31. The molecule has 0 amide bonds. The molecule has 0 atom stereocenters. The van der Waals surface area contributed by atoms with E-state index < -0.39 is 12.7 Å². The third-order valence-electron chi connectivity index (χ3n) is 2.45. The highest BCUT2D eigenvalue weighted by atomic mass is 79.9. The number of rotatable bonds is 5. The van der Waals surface area contributed by atoms with Crippen molar-refractivity contribution in [1.82, 2.24) is 4.90 Å². The van der Waals surface area contributed by atoms with Crippen molar-refractivity contribution in [1.29, 1.82) is 0 Å².